The first-order chi connectivity index (χ1) is 9.20. The smallest absolute Gasteiger partial charge is 0.137 e. The summed E-state index contributed by atoms with van der Waals surface area (Å²) < 4.78 is 19.2. The van der Waals surface area contributed by atoms with E-state index in [4.69, 9.17) is 4.74 Å². The van der Waals surface area contributed by atoms with Crippen LogP contribution in [0.4, 0.5) is 4.39 Å². The minimum absolute atomic E-state index is 0.0609. The summed E-state index contributed by atoms with van der Waals surface area (Å²) in [7, 11) is 1.92. The molecule has 4 heteroatoms. The van der Waals surface area contributed by atoms with E-state index in [2.05, 4.69) is 18.3 Å². The topological polar surface area (TPSA) is 21.3 Å². The van der Waals surface area contributed by atoms with E-state index < -0.39 is 0 Å². The Bertz CT molecular complexity index is 501. The van der Waals surface area contributed by atoms with Gasteiger partial charge >= 0.3 is 0 Å². The van der Waals surface area contributed by atoms with Crippen LogP contribution in [0.2, 0.25) is 0 Å². The fourth-order valence-corrected chi connectivity index (χ4v) is 2.91. The van der Waals surface area contributed by atoms with Crippen molar-refractivity contribution >= 4 is 11.3 Å². The molecule has 102 valence electrons. The summed E-state index contributed by atoms with van der Waals surface area (Å²) in [5.74, 6) is 0.594. The van der Waals surface area contributed by atoms with E-state index in [9.17, 15) is 4.39 Å². The third kappa shape index (κ3) is 3.78. The molecular weight excluding hydrogens is 261 g/mol. The van der Waals surface area contributed by atoms with Gasteiger partial charge in [0, 0.05) is 23.4 Å². The van der Waals surface area contributed by atoms with Crippen LogP contribution in [0.3, 0.4) is 0 Å². The van der Waals surface area contributed by atoms with Crippen LogP contribution in [0.1, 0.15) is 17.9 Å². The Kier molecular flexibility index (Phi) is 4.93. The van der Waals surface area contributed by atoms with Gasteiger partial charge in [0.25, 0.3) is 0 Å². The van der Waals surface area contributed by atoms with E-state index in [0.29, 0.717) is 11.7 Å². The first-order valence-corrected chi connectivity index (χ1v) is 7.19. The average Bonchev–Trinajstić information content (AvgIpc) is 2.90. The van der Waals surface area contributed by atoms with E-state index >= 15 is 0 Å². The van der Waals surface area contributed by atoms with Gasteiger partial charge in [0.15, 0.2) is 0 Å². The molecule has 2 aromatic rings. The molecule has 0 bridgehead atoms. The van der Waals surface area contributed by atoms with Crippen molar-refractivity contribution in [3.63, 3.8) is 0 Å². The molecule has 0 radical (unpaired) electrons. The van der Waals surface area contributed by atoms with Crippen molar-refractivity contribution < 1.29 is 9.13 Å². The van der Waals surface area contributed by atoms with E-state index in [-0.39, 0.29) is 11.9 Å². The zero-order chi connectivity index (χ0) is 13.7. The molecule has 0 saturated heterocycles. The number of hydrogen-bond acceptors (Lipinski definition) is 3. The standard InChI is InChI=1S/C15H18FNOS/c1-11(10-17-2)15(14-7-4-8-19-14)18-13-6-3-5-12(16)9-13/h3-9,11,15,17H,10H2,1-2H3. The predicted octanol–water partition coefficient (Wildman–Crippen LogP) is 3.86. The van der Waals surface area contributed by atoms with Crippen LogP contribution < -0.4 is 10.1 Å². The SMILES string of the molecule is CNCC(C)C(Oc1cccc(F)c1)c1cccs1. The third-order valence-corrected chi connectivity index (χ3v) is 3.86. The lowest BCUT2D eigenvalue weighted by Gasteiger charge is -2.24. The van der Waals surface area contributed by atoms with Gasteiger partial charge in [0.05, 0.1) is 0 Å². The summed E-state index contributed by atoms with van der Waals surface area (Å²) >= 11 is 1.66. The van der Waals surface area contributed by atoms with Crippen LogP contribution in [0.5, 0.6) is 5.75 Å². The minimum Gasteiger partial charge on any atom is -0.484 e. The Balaban J connectivity index is 2.18. The summed E-state index contributed by atoms with van der Waals surface area (Å²) in [5.41, 5.74) is 0. The highest BCUT2D eigenvalue weighted by molar-refractivity contribution is 7.10. The number of thiophene rings is 1. The van der Waals surface area contributed by atoms with E-state index in [1.165, 1.54) is 12.1 Å². The molecule has 0 aliphatic carbocycles. The van der Waals surface area contributed by atoms with Gasteiger partial charge in [-0.05, 0) is 30.6 Å². The molecule has 0 amide bonds. The lowest BCUT2D eigenvalue weighted by atomic mass is 10.0. The zero-order valence-electron chi connectivity index (χ0n) is 11.1. The Morgan fingerprint density at radius 2 is 2.16 bits per heavy atom. The molecule has 0 spiro atoms. The van der Waals surface area contributed by atoms with Crippen molar-refractivity contribution in [1.82, 2.24) is 5.32 Å². The fourth-order valence-electron chi connectivity index (χ4n) is 2.02. The highest BCUT2D eigenvalue weighted by Gasteiger charge is 2.22. The van der Waals surface area contributed by atoms with Gasteiger partial charge < -0.3 is 10.1 Å². The maximum Gasteiger partial charge on any atom is 0.137 e. The van der Waals surface area contributed by atoms with Crippen molar-refractivity contribution in [3.8, 4) is 5.75 Å². The van der Waals surface area contributed by atoms with Crippen molar-refractivity contribution in [2.45, 2.75) is 13.0 Å². The van der Waals surface area contributed by atoms with Crippen LogP contribution in [-0.4, -0.2) is 13.6 Å². The molecule has 1 N–H and O–H groups in total. The highest BCUT2D eigenvalue weighted by Crippen LogP contribution is 2.31. The maximum atomic E-state index is 13.2. The Morgan fingerprint density at radius 3 is 2.79 bits per heavy atom. The zero-order valence-corrected chi connectivity index (χ0v) is 11.9. The second-order valence-electron chi connectivity index (χ2n) is 4.55. The second kappa shape index (κ2) is 6.68. The molecule has 1 aromatic heterocycles. The molecule has 2 nitrogen and oxygen atoms in total. The second-order valence-corrected chi connectivity index (χ2v) is 5.53. The molecule has 0 fully saturated rings. The molecule has 2 unspecified atom stereocenters. The summed E-state index contributed by atoms with van der Waals surface area (Å²) in [4.78, 5) is 1.16. The summed E-state index contributed by atoms with van der Waals surface area (Å²) in [5, 5.41) is 5.19. The van der Waals surface area contributed by atoms with Crippen LogP contribution in [0.25, 0.3) is 0 Å². The van der Waals surface area contributed by atoms with Crippen molar-refractivity contribution in [2.24, 2.45) is 5.92 Å². The van der Waals surface area contributed by atoms with Crippen LogP contribution in [0.15, 0.2) is 41.8 Å². The van der Waals surface area contributed by atoms with Crippen LogP contribution in [-0.2, 0) is 0 Å². The Labute approximate surface area is 117 Å². The van der Waals surface area contributed by atoms with Gasteiger partial charge in [0.2, 0.25) is 0 Å². The molecule has 19 heavy (non-hydrogen) atoms. The van der Waals surface area contributed by atoms with Crippen LogP contribution in [0, 0.1) is 11.7 Å². The molecule has 0 saturated carbocycles. The number of benzene rings is 1. The summed E-state index contributed by atoms with van der Waals surface area (Å²) in [6, 6.07) is 10.4. The Hall–Kier alpha value is -1.39. The van der Waals surface area contributed by atoms with Gasteiger partial charge in [-0.1, -0.05) is 19.1 Å². The van der Waals surface area contributed by atoms with Crippen molar-refractivity contribution in [3.05, 3.63) is 52.5 Å². The number of halogens is 1. The van der Waals surface area contributed by atoms with E-state index in [1.54, 1.807) is 23.5 Å². The summed E-state index contributed by atoms with van der Waals surface area (Å²) in [6.45, 7) is 2.97. The first kappa shape index (κ1) is 14.0. The molecule has 0 aliphatic rings. The fraction of sp³-hybridized carbons (Fsp3) is 0.333. The number of hydrogen-bond donors (Lipinski definition) is 1. The molecule has 2 rings (SSSR count). The molecule has 1 heterocycles. The molecule has 2 atom stereocenters. The average molecular weight is 279 g/mol. The largest absolute Gasteiger partial charge is 0.484 e. The predicted molar refractivity (Wildman–Crippen MR) is 77.2 cm³/mol. The van der Waals surface area contributed by atoms with Gasteiger partial charge in [-0.25, -0.2) is 4.39 Å². The quantitative estimate of drug-likeness (QED) is 0.867. The maximum absolute atomic E-state index is 13.2. The number of rotatable bonds is 6. The third-order valence-electron chi connectivity index (χ3n) is 2.93. The number of nitrogens with one attached hydrogen (secondary N) is 1. The van der Waals surface area contributed by atoms with Gasteiger partial charge in [-0.2, -0.15) is 0 Å². The lowest BCUT2D eigenvalue weighted by molar-refractivity contribution is 0.147. The van der Waals surface area contributed by atoms with Gasteiger partial charge in [-0.3, -0.25) is 0 Å². The molecule has 1 aromatic carbocycles. The van der Waals surface area contributed by atoms with E-state index in [1.807, 2.05) is 18.5 Å². The number of ether oxygens (including phenoxy) is 1. The van der Waals surface area contributed by atoms with Gasteiger partial charge in [0.1, 0.15) is 17.7 Å². The van der Waals surface area contributed by atoms with Crippen molar-refractivity contribution in [1.29, 1.82) is 0 Å². The van der Waals surface area contributed by atoms with E-state index in [0.717, 1.165) is 11.4 Å². The van der Waals surface area contributed by atoms with Crippen LogP contribution >= 0.6 is 11.3 Å². The summed E-state index contributed by atoms with van der Waals surface area (Å²) in [6.07, 6.45) is -0.0609. The normalized spacial score (nSPS) is 14.1. The lowest BCUT2D eigenvalue weighted by Crippen LogP contribution is -2.25. The monoisotopic (exact) mass is 279 g/mol. The first-order valence-electron chi connectivity index (χ1n) is 6.31. The highest BCUT2D eigenvalue weighted by atomic mass is 32.1. The minimum atomic E-state index is -0.274. The molecular formula is C15H18FNOS. The van der Waals surface area contributed by atoms with Crippen molar-refractivity contribution in [2.75, 3.05) is 13.6 Å². The van der Waals surface area contributed by atoms with Gasteiger partial charge in [-0.15, -0.1) is 11.3 Å². The molecule has 0 aliphatic heterocycles. The Morgan fingerprint density at radius 1 is 1.32 bits per heavy atom.